The second kappa shape index (κ2) is 6.08. The number of hydrogen-bond acceptors (Lipinski definition) is 4. The van der Waals surface area contributed by atoms with E-state index in [9.17, 15) is 9.59 Å². The molecule has 0 unspecified atom stereocenters. The predicted octanol–water partition coefficient (Wildman–Crippen LogP) is 3.93. The average molecular weight is 308 g/mol. The molecular formula is C19H16O4. The van der Waals surface area contributed by atoms with Crippen molar-refractivity contribution in [3.63, 3.8) is 0 Å². The normalized spacial score (nSPS) is 14.5. The molecule has 23 heavy (non-hydrogen) atoms. The number of hydrogen-bond donors (Lipinski definition) is 0. The lowest BCUT2D eigenvalue weighted by Crippen LogP contribution is -2.05. The van der Waals surface area contributed by atoms with Gasteiger partial charge in [0.2, 0.25) is 5.78 Å². The lowest BCUT2D eigenvalue weighted by molar-refractivity contribution is -0.134. The van der Waals surface area contributed by atoms with E-state index in [2.05, 4.69) is 0 Å². The maximum absolute atomic E-state index is 12.4. The monoisotopic (exact) mass is 308 g/mol. The maximum atomic E-state index is 12.4. The molecule has 0 amide bonds. The van der Waals surface area contributed by atoms with Gasteiger partial charge in [0.15, 0.2) is 5.76 Å². The van der Waals surface area contributed by atoms with Crippen LogP contribution in [-0.2, 0) is 4.79 Å². The molecule has 0 N–H and O–H groups in total. The fourth-order valence-corrected chi connectivity index (χ4v) is 2.32. The summed E-state index contributed by atoms with van der Waals surface area (Å²) >= 11 is 0. The molecule has 2 aromatic rings. The first-order chi connectivity index (χ1) is 11.1. The van der Waals surface area contributed by atoms with E-state index in [-0.39, 0.29) is 23.9 Å². The van der Waals surface area contributed by atoms with Crippen LogP contribution in [0.4, 0.5) is 0 Å². The lowest BCUT2D eigenvalue weighted by atomic mass is 10.1. The van der Waals surface area contributed by atoms with Crippen LogP contribution in [0.15, 0.2) is 48.2 Å². The van der Waals surface area contributed by atoms with Crippen LogP contribution in [0.3, 0.4) is 0 Å². The van der Waals surface area contributed by atoms with E-state index in [1.165, 1.54) is 0 Å². The highest BCUT2D eigenvalue weighted by Crippen LogP contribution is 2.35. The fourth-order valence-electron chi connectivity index (χ4n) is 2.32. The van der Waals surface area contributed by atoms with Crippen LogP contribution in [0, 0.1) is 6.92 Å². The number of rotatable bonds is 3. The van der Waals surface area contributed by atoms with Crippen LogP contribution in [0.1, 0.15) is 34.8 Å². The van der Waals surface area contributed by atoms with Gasteiger partial charge in [-0.05, 0) is 36.3 Å². The van der Waals surface area contributed by atoms with Gasteiger partial charge in [-0.1, -0.05) is 31.2 Å². The van der Waals surface area contributed by atoms with Crippen molar-refractivity contribution in [2.45, 2.75) is 20.3 Å². The van der Waals surface area contributed by atoms with Gasteiger partial charge in [-0.25, -0.2) is 0 Å². The quantitative estimate of drug-likeness (QED) is 0.490. The largest absolute Gasteiger partial charge is 0.452 e. The topological polar surface area (TPSA) is 52.6 Å². The van der Waals surface area contributed by atoms with Crippen LogP contribution in [0.25, 0.3) is 6.08 Å². The van der Waals surface area contributed by atoms with Gasteiger partial charge in [0, 0.05) is 12.5 Å². The van der Waals surface area contributed by atoms with Gasteiger partial charge in [0.25, 0.3) is 0 Å². The molecule has 116 valence electrons. The lowest BCUT2D eigenvalue weighted by Gasteiger charge is -2.04. The van der Waals surface area contributed by atoms with Crippen molar-refractivity contribution in [1.29, 1.82) is 0 Å². The van der Waals surface area contributed by atoms with E-state index in [0.717, 1.165) is 11.1 Å². The third kappa shape index (κ3) is 3.01. The van der Waals surface area contributed by atoms with Gasteiger partial charge in [0.1, 0.15) is 11.5 Å². The molecule has 1 heterocycles. The number of fused-ring (bicyclic) bond motifs is 1. The van der Waals surface area contributed by atoms with Crippen LogP contribution in [0.2, 0.25) is 0 Å². The first-order valence-electron chi connectivity index (χ1n) is 7.43. The number of benzene rings is 2. The first-order valence-corrected chi connectivity index (χ1v) is 7.43. The van der Waals surface area contributed by atoms with Crippen molar-refractivity contribution in [3.8, 4) is 11.5 Å². The number of aryl methyl sites for hydroxylation is 1. The zero-order valence-corrected chi connectivity index (χ0v) is 13.0. The van der Waals surface area contributed by atoms with Gasteiger partial charge >= 0.3 is 5.97 Å². The number of ketones is 1. The number of carbonyl (C=O) groups is 2. The van der Waals surface area contributed by atoms with Crippen LogP contribution >= 0.6 is 0 Å². The summed E-state index contributed by atoms with van der Waals surface area (Å²) in [4.78, 5) is 23.7. The van der Waals surface area contributed by atoms with Crippen molar-refractivity contribution in [3.05, 3.63) is 64.9 Å². The van der Waals surface area contributed by atoms with E-state index < -0.39 is 0 Å². The number of carbonyl (C=O) groups excluding carboxylic acids is 2. The Labute approximate surface area is 134 Å². The summed E-state index contributed by atoms with van der Waals surface area (Å²) in [7, 11) is 0. The minimum atomic E-state index is -0.329. The third-order valence-corrected chi connectivity index (χ3v) is 3.64. The van der Waals surface area contributed by atoms with E-state index in [1.54, 1.807) is 31.2 Å². The van der Waals surface area contributed by atoms with Gasteiger partial charge in [-0.3, -0.25) is 9.59 Å². The van der Waals surface area contributed by atoms with E-state index in [1.807, 2.05) is 31.2 Å². The summed E-state index contributed by atoms with van der Waals surface area (Å²) < 4.78 is 10.8. The average Bonchev–Trinajstić information content (AvgIpc) is 2.85. The van der Waals surface area contributed by atoms with Crippen LogP contribution < -0.4 is 9.47 Å². The molecule has 0 aliphatic carbocycles. The molecule has 0 saturated carbocycles. The van der Waals surface area contributed by atoms with E-state index in [4.69, 9.17) is 9.47 Å². The Bertz CT molecular complexity index is 818. The standard InChI is InChI=1S/C19H16O4/c1-3-18(20)22-14-8-9-15-16(11-14)23-17(19(15)21)10-13-7-5-4-6-12(13)2/h4-11H,3H2,1-2H3/b17-10-. The summed E-state index contributed by atoms with van der Waals surface area (Å²) in [6, 6.07) is 12.5. The SMILES string of the molecule is CCC(=O)Oc1ccc2c(c1)O/C(=C\c1ccccc1C)C2=O. The summed E-state index contributed by atoms with van der Waals surface area (Å²) in [5.41, 5.74) is 2.47. The second-order valence-electron chi connectivity index (χ2n) is 5.28. The molecule has 0 bridgehead atoms. The summed E-state index contributed by atoms with van der Waals surface area (Å²) in [6.45, 7) is 3.69. The minimum absolute atomic E-state index is 0.170. The first kappa shape index (κ1) is 15.0. The second-order valence-corrected chi connectivity index (χ2v) is 5.28. The smallest absolute Gasteiger partial charge is 0.310 e. The van der Waals surface area contributed by atoms with Crippen molar-refractivity contribution in [2.24, 2.45) is 0 Å². The van der Waals surface area contributed by atoms with Gasteiger partial charge in [-0.2, -0.15) is 0 Å². The van der Waals surface area contributed by atoms with Crippen molar-refractivity contribution in [2.75, 3.05) is 0 Å². The van der Waals surface area contributed by atoms with Gasteiger partial charge in [0.05, 0.1) is 5.56 Å². The summed E-state index contributed by atoms with van der Waals surface area (Å²) in [5, 5.41) is 0. The molecule has 0 saturated heterocycles. The van der Waals surface area contributed by atoms with E-state index >= 15 is 0 Å². The molecule has 0 spiro atoms. The zero-order chi connectivity index (χ0) is 16.4. The molecule has 0 radical (unpaired) electrons. The molecule has 0 atom stereocenters. The number of allylic oxidation sites excluding steroid dienone is 1. The van der Waals surface area contributed by atoms with Crippen molar-refractivity contribution in [1.82, 2.24) is 0 Å². The summed E-state index contributed by atoms with van der Waals surface area (Å²) in [5.74, 6) is 0.562. The third-order valence-electron chi connectivity index (χ3n) is 3.64. The zero-order valence-electron chi connectivity index (χ0n) is 13.0. The minimum Gasteiger partial charge on any atom is -0.452 e. The Kier molecular flexibility index (Phi) is 3.98. The molecule has 0 aromatic heterocycles. The fraction of sp³-hybridized carbons (Fsp3) is 0.158. The van der Waals surface area contributed by atoms with Crippen molar-refractivity contribution >= 4 is 17.8 Å². The van der Waals surface area contributed by atoms with E-state index in [0.29, 0.717) is 17.1 Å². The number of Topliss-reactive ketones (excluding diaryl/α,β-unsaturated/α-hetero) is 1. The van der Waals surface area contributed by atoms with Gasteiger partial charge in [-0.15, -0.1) is 0 Å². The Morgan fingerprint density at radius 3 is 2.74 bits per heavy atom. The molecule has 3 rings (SSSR count). The number of esters is 1. The molecule has 2 aromatic carbocycles. The Hall–Kier alpha value is -2.88. The highest BCUT2D eigenvalue weighted by molar-refractivity contribution is 6.14. The predicted molar refractivity (Wildman–Crippen MR) is 86.5 cm³/mol. The highest BCUT2D eigenvalue weighted by Gasteiger charge is 2.28. The maximum Gasteiger partial charge on any atom is 0.310 e. The molecule has 4 heteroatoms. The molecule has 1 aliphatic rings. The molecule has 4 nitrogen and oxygen atoms in total. The Morgan fingerprint density at radius 1 is 1.22 bits per heavy atom. The van der Waals surface area contributed by atoms with Crippen molar-refractivity contribution < 1.29 is 19.1 Å². The Balaban J connectivity index is 1.90. The van der Waals surface area contributed by atoms with Gasteiger partial charge < -0.3 is 9.47 Å². The molecule has 0 fully saturated rings. The summed E-state index contributed by atoms with van der Waals surface area (Å²) in [6.07, 6.45) is 2.02. The number of ether oxygens (including phenoxy) is 2. The molecule has 1 aliphatic heterocycles. The highest BCUT2D eigenvalue weighted by atomic mass is 16.5. The molecular weight excluding hydrogens is 292 g/mol. The Morgan fingerprint density at radius 2 is 2.00 bits per heavy atom. The van der Waals surface area contributed by atoms with Crippen LogP contribution in [-0.4, -0.2) is 11.8 Å². The van der Waals surface area contributed by atoms with Crippen LogP contribution in [0.5, 0.6) is 11.5 Å².